The van der Waals surface area contributed by atoms with Crippen LogP contribution in [0.1, 0.15) is 24.0 Å². The summed E-state index contributed by atoms with van der Waals surface area (Å²) in [6, 6.07) is 3.77. The van der Waals surface area contributed by atoms with Crippen LogP contribution in [0, 0.1) is 13.8 Å². The van der Waals surface area contributed by atoms with Crippen LogP contribution >= 0.6 is 0 Å². The first-order valence-electron chi connectivity index (χ1n) is 6.88. The minimum Gasteiger partial charge on any atom is -0.398 e. The summed E-state index contributed by atoms with van der Waals surface area (Å²) in [4.78, 5) is 2.41. The molecule has 1 heterocycles. The number of sulfonamides is 1. The Bertz CT molecular complexity index is 599. The smallest absolute Gasteiger partial charge is 0.242 e. The van der Waals surface area contributed by atoms with Crippen LogP contribution in [-0.2, 0) is 10.0 Å². The van der Waals surface area contributed by atoms with Crippen LogP contribution in [0.4, 0.5) is 5.69 Å². The molecule has 5 nitrogen and oxygen atoms in total. The van der Waals surface area contributed by atoms with Gasteiger partial charge in [-0.3, -0.25) is 0 Å². The first-order chi connectivity index (χ1) is 9.33. The van der Waals surface area contributed by atoms with Gasteiger partial charge in [0.05, 0.1) is 5.69 Å². The summed E-state index contributed by atoms with van der Waals surface area (Å²) in [6.07, 6.45) is 2.15. The van der Waals surface area contributed by atoms with E-state index in [1.165, 1.54) is 0 Å². The number of hydrogen-bond donors (Lipinski definition) is 2. The molecule has 0 aliphatic carbocycles. The summed E-state index contributed by atoms with van der Waals surface area (Å²) in [5.41, 5.74) is 7.81. The molecule has 20 heavy (non-hydrogen) atoms. The Morgan fingerprint density at radius 3 is 2.70 bits per heavy atom. The van der Waals surface area contributed by atoms with Gasteiger partial charge >= 0.3 is 0 Å². The number of rotatable bonds is 4. The average Bonchev–Trinajstić information content (AvgIpc) is 2.77. The lowest BCUT2D eigenvalue weighted by molar-refractivity contribution is 0.311. The zero-order valence-corrected chi connectivity index (χ0v) is 13.1. The third kappa shape index (κ3) is 2.97. The molecule has 0 bridgehead atoms. The number of anilines is 1. The Labute approximate surface area is 121 Å². The molecule has 1 aliphatic rings. The Hall–Kier alpha value is -1.11. The van der Waals surface area contributed by atoms with E-state index in [9.17, 15) is 8.42 Å². The molecule has 0 amide bonds. The first-order valence-corrected chi connectivity index (χ1v) is 8.37. The van der Waals surface area contributed by atoms with Gasteiger partial charge in [0, 0.05) is 12.6 Å². The molecule has 1 aromatic rings. The van der Waals surface area contributed by atoms with E-state index >= 15 is 0 Å². The Kier molecular flexibility index (Phi) is 4.36. The predicted octanol–water partition coefficient (Wildman–Crippen LogP) is 1.26. The van der Waals surface area contributed by atoms with Crippen molar-refractivity contribution in [1.29, 1.82) is 0 Å². The molecular weight excluding hydrogens is 274 g/mol. The summed E-state index contributed by atoms with van der Waals surface area (Å²) in [5.74, 6) is 0. The number of aryl methyl sites for hydroxylation is 1. The minimum atomic E-state index is -3.56. The molecule has 112 valence electrons. The van der Waals surface area contributed by atoms with Crippen molar-refractivity contribution in [3.8, 4) is 0 Å². The Morgan fingerprint density at radius 2 is 2.10 bits per heavy atom. The van der Waals surface area contributed by atoms with Gasteiger partial charge in [-0.25, -0.2) is 13.1 Å². The van der Waals surface area contributed by atoms with E-state index in [1.54, 1.807) is 13.0 Å². The molecular formula is C14H23N3O2S. The van der Waals surface area contributed by atoms with Gasteiger partial charge in [0.25, 0.3) is 0 Å². The van der Waals surface area contributed by atoms with Crippen molar-refractivity contribution < 1.29 is 8.42 Å². The Morgan fingerprint density at radius 1 is 1.40 bits per heavy atom. The zero-order valence-electron chi connectivity index (χ0n) is 12.3. The van der Waals surface area contributed by atoms with Crippen LogP contribution in [0.5, 0.6) is 0 Å². The highest BCUT2D eigenvalue weighted by atomic mass is 32.2. The summed E-state index contributed by atoms with van der Waals surface area (Å²) in [7, 11) is -1.53. The maximum Gasteiger partial charge on any atom is 0.242 e. The second-order valence-electron chi connectivity index (χ2n) is 5.55. The molecule has 1 aromatic carbocycles. The number of nitrogens with zero attached hydrogens (tertiary/aromatic N) is 1. The minimum absolute atomic E-state index is 0.221. The van der Waals surface area contributed by atoms with E-state index in [-0.39, 0.29) is 10.9 Å². The van der Waals surface area contributed by atoms with Gasteiger partial charge in [-0.05, 0) is 57.5 Å². The molecule has 1 aliphatic heterocycles. The molecule has 0 saturated carbocycles. The van der Waals surface area contributed by atoms with E-state index < -0.39 is 10.0 Å². The molecule has 1 fully saturated rings. The fourth-order valence-corrected chi connectivity index (χ4v) is 4.18. The lowest BCUT2D eigenvalue weighted by Gasteiger charge is -2.20. The average molecular weight is 297 g/mol. The lowest BCUT2D eigenvalue weighted by atomic mass is 10.1. The summed E-state index contributed by atoms with van der Waals surface area (Å²) in [6.45, 7) is 5.14. The second kappa shape index (κ2) is 5.71. The van der Waals surface area contributed by atoms with E-state index in [4.69, 9.17) is 5.73 Å². The number of nitrogens with two attached hydrogens (primary N) is 1. The van der Waals surface area contributed by atoms with E-state index in [0.717, 1.165) is 30.5 Å². The molecule has 1 atom stereocenters. The van der Waals surface area contributed by atoms with Crippen molar-refractivity contribution >= 4 is 15.7 Å². The van der Waals surface area contributed by atoms with Gasteiger partial charge in [-0.1, -0.05) is 6.07 Å². The third-order valence-corrected chi connectivity index (χ3v) is 5.78. The predicted molar refractivity (Wildman–Crippen MR) is 81.2 cm³/mol. The van der Waals surface area contributed by atoms with Crippen molar-refractivity contribution in [2.24, 2.45) is 0 Å². The molecule has 0 radical (unpaired) electrons. The van der Waals surface area contributed by atoms with Crippen molar-refractivity contribution in [2.45, 2.75) is 37.6 Å². The molecule has 1 saturated heterocycles. The monoisotopic (exact) mass is 297 g/mol. The molecule has 1 unspecified atom stereocenters. The number of likely N-dealkylation sites (tertiary alicyclic amines) is 1. The maximum atomic E-state index is 12.5. The quantitative estimate of drug-likeness (QED) is 0.820. The number of nitrogen functional groups attached to an aromatic ring is 1. The molecule has 0 spiro atoms. The highest BCUT2D eigenvalue weighted by Crippen LogP contribution is 2.25. The van der Waals surface area contributed by atoms with Gasteiger partial charge in [-0.2, -0.15) is 0 Å². The molecule has 6 heteroatoms. The van der Waals surface area contributed by atoms with Crippen LogP contribution in [-0.4, -0.2) is 39.5 Å². The van der Waals surface area contributed by atoms with Gasteiger partial charge in [-0.15, -0.1) is 0 Å². The van der Waals surface area contributed by atoms with Crippen LogP contribution in [0.25, 0.3) is 0 Å². The van der Waals surface area contributed by atoms with Crippen LogP contribution in [0.2, 0.25) is 0 Å². The maximum absolute atomic E-state index is 12.5. The van der Waals surface area contributed by atoms with Crippen LogP contribution in [0.15, 0.2) is 17.0 Å². The second-order valence-corrected chi connectivity index (χ2v) is 7.26. The van der Waals surface area contributed by atoms with Gasteiger partial charge in [0.1, 0.15) is 4.90 Å². The van der Waals surface area contributed by atoms with Crippen molar-refractivity contribution in [1.82, 2.24) is 9.62 Å². The lowest BCUT2D eigenvalue weighted by Crippen LogP contribution is -2.38. The summed E-state index contributed by atoms with van der Waals surface area (Å²) >= 11 is 0. The standard InChI is InChI=1S/C14H23N3O2S/c1-10-6-7-13(15)14(11(10)2)20(18,19)16-9-12-5-4-8-17(12)3/h6-7,12,16H,4-5,8-9,15H2,1-3H3. The van der Waals surface area contributed by atoms with E-state index in [2.05, 4.69) is 9.62 Å². The van der Waals surface area contributed by atoms with Crippen molar-refractivity contribution in [3.63, 3.8) is 0 Å². The largest absolute Gasteiger partial charge is 0.398 e. The SMILES string of the molecule is Cc1ccc(N)c(S(=O)(=O)NCC2CCCN2C)c1C. The van der Waals surface area contributed by atoms with E-state index in [1.807, 2.05) is 20.0 Å². The number of nitrogens with one attached hydrogen (secondary N) is 1. The van der Waals surface area contributed by atoms with E-state index in [0.29, 0.717) is 12.2 Å². The topological polar surface area (TPSA) is 75.4 Å². The fourth-order valence-electron chi connectivity index (χ4n) is 2.68. The number of likely N-dealkylation sites (N-methyl/N-ethyl adjacent to an activating group) is 1. The van der Waals surface area contributed by atoms with Gasteiger partial charge < -0.3 is 10.6 Å². The highest BCUT2D eigenvalue weighted by Gasteiger charge is 2.25. The summed E-state index contributed by atoms with van der Waals surface area (Å²) in [5, 5.41) is 0. The van der Waals surface area contributed by atoms with Crippen LogP contribution < -0.4 is 10.5 Å². The highest BCUT2D eigenvalue weighted by molar-refractivity contribution is 7.89. The van der Waals surface area contributed by atoms with Crippen molar-refractivity contribution in [2.75, 3.05) is 25.9 Å². The fraction of sp³-hybridized carbons (Fsp3) is 0.571. The van der Waals surface area contributed by atoms with Gasteiger partial charge in [0.2, 0.25) is 10.0 Å². The number of benzene rings is 1. The summed E-state index contributed by atoms with van der Waals surface area (Å²) < 4.78 is 27.7. The van der Waals surface area contributed by atoms with Crippen LogP contribution in [0.3, 0.4) is 0 Å². The zero-order chi connectivity index (χ0) is 14.9. The van der Waals surface area contributed by atoms with Gasteiger partial charge in [0.15, 0.2) is 0 Å². The normalized spacial score (nSPS) is 20.4. The Balaban J connectivity index is 2.21. The molecule has 0 aromatic heterocycles. The molecule has 2 rings (SSSR count). The third-order valence-electron chi connectivity index (χ3n) is 4.16. The van der Waals surface area contributed by atoms with Crippen molar-refractivity contribution in [3.05, 3.63) is 23.3 Å². The first kappa shape index (κ1) is 15.3. The number of hydrogen-bond acceptors (Lipinski definition) is 4. The molecule has 3 N–H and O–H groups in total.